The highest BCUT2D eigenvalue weighted by Crippen LogP contribution is 2.59. The summed E-state index contributed by atoms with van der Waals surface area (Å²) < 4.78 is 10.9. The van der Waals surface area contributed by atoms with E-state index in [2.05, 4.69) is 0 Å². The van der Waals surface area contributed by atoms with E-state index in [-0.39, 0.29) is 0 Å². The maximum Gasteiger partial charge on any atom is 0.276 e. The third-order valence-electron chi connectivity index (χ3n) is 1.37. The minimum Gasteiger partial charge on any atom is -0.285 e. The Morgan fingerprint density at radius 2 is 1.67 bits per heavy atom. The summed E-state index contributed by atoms with van der Waals surface area (Å²) >= 11 is 16.4. The molecule has 12 heavy (non-hydrogen) atoms. The number of rotatable bonds is 2. The Hall–Kier alpha value is 0.580. The second-order valence-electron chi connectivity index (χ2n) is 2.60. The quantitative estimate of drug-likeness (QED) is 0.490. The normalized spacial score (nSPS) is 13.0. The molecule has 0 heterocycles. The zero-order valence-electron chi connectivity index (χ0n) is 7.07. The van der Waals surface area contributed by atoms with Crippen LogP contribution in [0.2, 0.25) is 0 Å². The molecule has 0 aromatic rings. The van der Waals surface area contributed by atoms with Crippen LogP contribution in [0.1, 0.15) is 20.8 Å². The Balaban J connectivity index is 4.86. The first-order valence-electron chi connectivity index (χ1n) is 3.26. The molecule has 0 aromatic heterocycles. The average Bonchev–Trinajstić information content (AvgIpc) is 1.82. The van der Waals surface area contributed by atoms with Gasteiger partial charge in [-0.15, -0.1) is 0 Å². The van der Waals surface area contributed by atoms with Crippen LogP contribution in [0.25, 0.3) is 0 Å². The van der Waals surface area contributed by atoms with Crippen LogP contribution in [0.5, 0.6) is 0 Å². The maximum atomic E-state index is 10.9. The first kappa shape index (κ1) is 12.6. The fourth-order valence-electron chi connectivity index (χ4n) is 0.468. The van der Waals surface area contributed by atoms with Crippen molar-refractivity contribution in [2.24, 2.45) is 0 Å². The van der Waals surface area contributed by atoms with Crippen molar-refractivity contribution < 1.29 is 4.57 Å². The molecular weight excluding hydrogens is 237 g/mol. The second kappa shape index (κ2) is 4.72. The van der Waals surface area contributed by atoms with Gasteiger partial charge >= 0.3 is 0 Å². The molecule has 0 spiro atoms. The number of allylic oxidation sites excluding steroid dienone is 3. The van der Waals surface area contributed by atoms with Gasteiger partial charge in [-0.05, 0) is 48.8 Å². The molecule has 0 saturated carbocycles. The van der Waals surface area contributed by atoms with Crippen molar-refractivity contribution in [3.63, 3.8) is 0 Å². The minimum atomic E-state index is -3.20. The van der Waals surface area contributed by atoms with Crippen LogP contribution < -0.4 is 0 Å². The zero-order chi connectivity index (χ0) is 9.94. The molecule has 0 N–H and O–H groups in total. The van der Waals surface area contributed by atoms with Gasteiger partial charge in [0.15, 0.2) is 0 Å². The molecule has 0 aromatic carbocycles. The molecule has 0 aliphatic carbocycles. The van der Waals surface area contributed by atoms with E-state index in [1.165, 1.54) is 5.82 Å². The smallest absolute Gasteiger partial charge is 0.276 e. The number of hydrogen-bond donors (Lipinski definition) is 0. The van der Waals surface area contributed by atoms with Gasteiger partial charge in [0.2, 0.25) is 0 Å². The SMILES string of the molecule is CC(C)=C(C)/C(Cl)=C/P(=O)(Cl)Cl. The molecule has 1 nitrogen and oxygen atoms in total. The molecule has 0 bridgehead atoms. The van der Waals surface area contributed by atoms with E-state index in [0.29, 0.717) is 5.03 Å². The van der Waals surface area contributed by atoms with Gasteiger partial charge in [-0.25, -0.2) is 0 Å². The molecule has 70 valence electrons. The molecule has 0 saturated heterocycles. The monoisotopic (exact) mass is 246 g/mol. The van der Waals surface area contributed by atoms with Gasteiger partial charge in [0.25, 0.3) is 5.85 Å². The van der Waals surface area contributed by atoms with Crippen molar-refractivity contribution in [1.29, 1.82) is 0 Å². The molecule has 5 heteroatoms. The Morgan fingerprint density at radius 3 is 1.92 bits per heavy atom. The Kier molecular flexibility index (Phi) is 4.94. The van der Waals surface area contributed by atoms with E-state index >= 15 is 0 Å². The van der Waals surface area contributed by atoms with Crippen molar-refractivity contribution >= 4 is 39.9 Å². The van der Waals surface area contributed by atoms with Crippen molar-refractivity contribution in [1.82, 2.24) is 0 Å². The Labute approximate surface area is 87.3 Å². The maximum absolute atomic E-state index is 10.9. The molecule has 0 radical (unpaired) electrons. The van der Waals surface area contributed by atoms with Gasteiger partial charge in [0.05, 0.1) is 0 Å². The van der Waals surface area contributed by atoms with E-state index in [0.717, 1.165) is 11.1 Å². The van der Waals surface area contributed by atoms with Crippen molar-refractivity contribution in [3.8, 4) is 0 Å². The summed E-state index contributed by atoms with van der Waals surface area (Å²) in [6.07, 6.45) is 0. The minimum absolute atomic E-state index is 0.350. The van der Waals surface area contributed by atoms with Gasteiger partial charge in [0.1, 0.15) is 0 Å². The highest BCUT2D eigenvalue weighted by atomic mass is 35.9. The van der Waals surface area contributed by atoms with Crippen LogP contribution >= 0.6 is 39.9 Å². The summed E-state index contributed by atoms with van der Waals surface area (Å²) in [5.74, 6) is -2.02. The lowest BCUT2D eigenvalue weighted by Crippen LogP contribution is -1.78. The van der Waals surface area contributed by atoms with E-state index in [1.807, 2.05) is 20.8 Å². The lowest BCUT2D eigenvalue weighted by molar-refractivity contribution is 0.597. The molecular formula is C7H10Cl3OP. The fourth-order valence-corrected chi connectivity index (χ4v) is 2.41. The molecule has 0 rings (SSSR count). The first-order valence-corrected chi connectivity index (χ1v) is 7.22. The largest absolute Gasteiger partial charge is 0.285 e. The van der Waals surface area contributed by atoms with Crippen molar-refractivity contribution in [2.45, 2.75) is 20.8 Å². The van der Waals surface area contributed by atoms with Crippen LogP contribution in [0.15, 0.2) is 22.0 Å². The Morgan fingerprint density at radius 1 is 1.25 bits per heavy atom. The van der Waals surface area contributed by atoms with E-state index in [4.69, 9.17) is 34.1 Å². The zero-order valence-corrected chi connectivity index (χ0v) is 10.2. The molecule has 0 fully saturated rings. The molecule has 0 aliphatic heterocycles. The topological polar surface area (TPSA) is 17.1 Å². The predicted octanol–water partition coefficient (Wildman–Crippen LogP) is 5.09. The van der Waals surface area contributed by atoms with Gasteiger partial charge in [-0.3, -0.25) is 4.57 Å². The van der Waals surface area contributed by atoms with E-state index < -0.39 is 5.85 Å². The second-order valence-corrected chi connectivity index (χ2v) is 7.81. The van der Waals surface area contributed by atoms with Gasteiger partial charge < -0.3 is 0 Å². The summed E-state index contributed by atoms with van der Waals surface area (Å²) in [6, 6.07) is 0. The van der Waals surface area contributed by atoms with E-state index in [1.54, 1.807) is 0 Å². The molecule has 0 unspecified atom stereocenters. The highest BCUT2D eigenvalue weighted by Gasteiger charge is 2.11. The van der Waals surface area contributed by atoms with Crippen LogP contribution in [0, 0.1) is 0 Å². The van der Waals surface area contributed by atoms with Crippen molar-refractivity contribution in [3.05, 3.63) is 22.0 Å². The van der Waals surface area contributed by atoms with Crippen LogP contribution in [-0.4, -0.2) is 0 Å². The lowest BCUT2D eigenvalue weighted by atomic mass is 10.2. The highest BCUT2D eigenvalue weighted by molar-refractivity contribution is 8.10. The van der Waals surface area contributed by atoms with Crippen molar-refractivity contribution in [2.75, 3.05) is 0 Å². The standard InChI is InChI=1S/C7H10Cl3OP/c1-5(2)6(3)7(8)4-12(9,10)11/h4H,1-3H3/b7-4-. The number of halogens is 3. The van der Waals surface area contributed by atoms with Crippen LogP contribution in [0.3, 0.4) is 0 Å². The molecule has 0 amide bonds. The summed E-state index contributed by atoms with van der Waals surface area (Å²) in [4.78, 5) is 0. The third kappa shape index (κ3) is 5.27. The summed E-state index contributed by atoms with van der Waals surface area (Å²) in [7, 11) is 0. The third-order valence-corrected chi connectivity index (χ3v) is 3.06. The molecule has 0 atom stereocenters. The van der Waals surface area contributed by atoms with Crippen LogP contribution in [-0.2, 0) is 4.57 Å². The van der Waals surface area contributed by atoms with Gasteiger partial charge in [-0.2, -0.15) is 0 Å². The van der Waals surface area contributed by atoms with Crippen LogP contribution in [0.4, 0.5) is 0 Å². The van der Waals surface area contributed by atoms with Gasteiger partial charge in [0, 0.05) is 10.8 Å². The Bertz CT molecular complexity index is 270. The first-order chi connectivity index (χ1) is 5.24. The molecule has 0 aliphatic rings. The fraction of sp³-hybridized carbons (Fsp3) is 0.429. The lowest BCUT2D eigenvalue weighted by Gasteiger charge is -2.01. The summed E-state index contributed by atoms with van der Waals surface area (Å²) in [6.45, 7) is 5.62. The van der Waals surface area contributed by atoms with E-state index in [9.17, 15) is 4.57 Å². The van der Waals surface area contributed by atoms with Gasteiger partial charge in [-0.1, -0.05) is 17.2 Å². The summed E-state index contributed by atoms with van der Waals surface area (Å²) in [5, 5.41) is 0.350. The average molecular weight is 247 g/mol. The summed E-state index contributed by atoms with van der Waals surface area (Å²) in [5.41, 5.74) is 1.89. The number of hydrogen-bond acceptors (Lipinski definition) is 1. The predicted molar refractivity (Wildman–Crippen MR) is 57.3 cm³/mol.